The van der Waals surface area contributed by atoms with Crippen LogP contribution >= 0.6 is 0 Å². The second-order valence-corrected chi connectivity index (χ2v) is 7.56. The molecule has 5 nitrogen and oxygen atoms in total. The molecule has 0 aromatic heterocycles. The highest BCUT2D eigenvalue weighted by atomic mass is 19.1. The predicted molar refractivity (Wildman–Crippen MR) is 118 cm³/mol. The summed E-state index contributed by atoms with van der Waals surface area (Å²) in [5.74, 6) is 0.772. The Morgan fingerprint density at radius 1 is 1.10 bits per heavy atom. The van der Waals surface area contributed by atoms with Crippen LogP contribution in [0.4, 0.5) is 4.39 Å². The van der Waals surface area contributed by atoms with Crippen molar-refractivity contribution >= 4 is 12.0 Å². The van der Waals surface area contributed by atoms with Gasteiger partial charge in [-0.3, -0.25) is 4.79 Å². The fraction of sp³-hybridized carbons (Fsp3) is 0.375. The van der Waals surface area contributed by atoms with Gasteiger partial charge >= 0.3 is 0 Å². The number of ether oxygens (including phenoxy) is 2. The van der Waals surface area contributed by atoms with E-state index >= 15 is 0 Å². The quantitative estimate of drug-likeness (QED) is 0.546. The van der Waals surface area contributed by atoms with Crippen molar-refractivity contribution in [3.05, 3.63) is 65.5 Å². The number of amides is 1. The Morgan fingerprint density at radius 2 is 1.83 bits per heavy atom. The summed E-state index contributed by atoms with van der Waals surface area (Å²) in [5, 5.41) is 0. The summed E-state index contributed by atoms with van der Waals surface area (Å²) in [6, 6.07) is 12.0. The largest absolute Gasteiger partial charge is 0.493 e. The molecule has 0 N–H and O–H groups in total. The number of rotatable bonds is 10. The maximum Gasteiger partial charge on any atom is 0.246 e. The van der Waals surface area contributed by atoms with Gasteiger partial charge in [-0.25, -0.2) is 4.39 Å². The maximum atomic E-state index is 14.1. The van der Waals surface area contributed by atoms with Gasteiger partial charge in [0.25, 0.3) is 0 Å². The molecule has 0 aliphatic heterocycles. The van der Waals surface area contributed by atoms with Crippen LogP contribution in [0.15, 0.2) is 48.5 Å². The number of likely N-dealkylation sites (N-methyl/N-ethyl adjacent to an activating group) is 1. The number of hydrogen-bond acceptors (Lipinski definition) is 4. The highest BCUT2D eigenvalue weighted by Gasteiger charge is 2.14. The van der Waals surface area contributed by atoms with E-state index in [1.807, 2.05) is 51.0 Å². The van der Waals surface area contributed by atoms with Crippen LogP contribution in [0.2, 0.25) is 0 Å². The summed E-state index contributed by atoms with van der Waals surface area (Å²) in [6.45, 7) is 5.29. The van der Waals surface area contributed by atoms with Crippen molar-refractivity contribution in [1.29, 1.82) is 0 Å². The van der Waals surface area contributed by atoms with Crippen LogP contribution < -0.4 is 9.47 Å². The Morgan fingerprint density at radius 3 is 2.47 bits per heavy atom. The Labute approximate surface area is 178 Å². The smallest absolute Gasteiger partial charge is 0.246 e. The van der Waals surface area contributed by atoms with Crippen LogP contribution in [-0.2, 0) is 11.3 Å². The Balaban J connectivity index is 2.17. The second kappa shape index (κ2) is 11.4. The first kappa shape index (κ1) is 23.4. The number of carbonyl (C=O) groups excluding carboxylic acids is 1. The van der Waals surface area contributed by atoms with Crippen LogP contribution in [0.1, 0.15) is 25.0 Å². The number of hydrogen-bond donors (Lipinski definition) is 0. The van der Waals surface area contributed by atoms with Gasteiger partial charge in [0.1, 0.15) is 5.82 Å². The van der Waals surface area contributed by atoms with Crippen molar-refractivity contribution in [2.75, 3.05) is 34.3 Å². The lowest BCUT2D eigenvalue weighted by Gasteiger charge is -2.23. The highest BCUT2D eigenvalue weighted by Crippen LogP contribution is 2.29. The molecule has 0 aliphatic rings. The summed E-state index contributed by atoms with van der Waals surface area (Å²) in [7, 11) is 5.46. The van der Waals surface area contributed by atoms with Gasteiger partial charge in [-0.2, -0.15) is 0 Å². The van der Waals surface area contributed by atoms with E-state index in [0.29, 0.717) is 30.2 Å². The fourth-order valence-corrected chi connectivity index (χ4v) is 2.83. The van der Waals surface area contributed by atoms with E-state index in [9.17, 15) is 9.18 Å². The van der Waals surface area contributed by atoms with Crippen molar-refractivity contribution in [1.82, 2.24) is 9.80 Å². The zero-order valence-electron chi connectivity index (χ0n) is 18.4. The molecule has 2 rings (SSSR count). The van der Waals surface area contributed by atoms with Gasteiger partial charge in [-0.1, -0.05) is 24.3 Å². The topological polar surface area (TPSA) is 42.0 Å². The van der Waals surface area contributed by atoms with Crippen molar-refractivity contribution in [3.8, 4) is 11.5 Å². The molecule has 30 heavy (non-hydrogen) atoms. The number of benzene rings is 2. The standard InChI is InChI=1S/C24H31FN2O3/c1-18(2)30-22-12-10-19(16-23(22)29-5)11-13-24(28)27(15-14-26(3)4)17-20-8-6-7-9-21(20)25/h6-13,16,18H,14-15,17H2,1-5H3/b13-11+. The van der Waals surface area contributed by atoms with Gasteiger partial charge in [-0.05, 0) is 57.8 Å². The Kier molecular flexibility index (Phi) is 8.87. The van der Waals surface area contributed by atoms with Crippen LogP contribution in [-0.4, -0.2) is 56.1 Å². The predicted octanol–water partition coefficient (Wildman–Crippen LogP) is 4.23. The minimum atomic E-state index is -0.311. The van der Waals surface area contributed by atoms with E-state index in [-0.39, 0.29) is 24.4 Å². The van der Waals surface area contributed by atoms with E-state index in [4.69, 9.17) is 9.47 Å². The first-order valence-electron chi connectivity index (χ1n) is 10.00. The fourth-order valence-electron chi connectivity index (χ4n) is 2.83. The molecular formula is C24H31FN2O3. The zero-order valence-corrected chi connectivity index (χ0v) is 18.4. The van der Waals surface area contributed by atoms with Crippen LogP contribution in [0.5, 0.6) is 11.5 Å². The number of halogens is 1. The summed E-state index contributed by atoms with van der Waals surface area (Å²) in [4.78, 5) is 16.5. The molecule has 2 aromatic carbocycles. The van der Waals surface area contributed by atoms with Crippen molar-refractivity contribution < 1.29 is 18.7 Å². The van der Waals surface area contributed by atoms with Gasteiger partial charge in [0.05, 0.1) is 13.2 Å². The summed E-state index contributed by atoms with van der Waals surface area (Å²) < 4.78 is 25.2. The third kappa shape index (κ3) is 7.19. The molecule has 0 unspecified atom stereocenters. The van der Waals surface area contributed by atoms with Gasteiger partial charge in [0, 0.05) is 31.3 Å². The number of nitrogens with zero attached hydrogens (tertiary/aromatic N) is 2. The third-order valence-electron chi connectivity index (χ3n) is 4.42. The normalized spacial score (nSPS) is 11.3. The minimum Gasteiger partial charge on any atom is -0.493 e. The molecule has 2 aromatic rings. The van der Waals surface area contributed by atoms with Crippen molar-refractivity contribution in [3.63, 3.8) is 0 Å². The van der Waals surface area contributed by atoms with E-state index in [1.54, 1.807) is 36.3 Å². The van der Waals surface area contributed by atoms with E-state index in [2.05, 4.69) is 0 Å². The molecule has 0 heterocycles. The molecule has 0 aliphatic carbocycles. The molecule has 1 amide bonds. The van der Waals surface area contributed by atoms with Gasteiger partial charge < -0.3 is 19.3 Å². The summed E-state index contributed by atoms with van der Waals surface area (Å²) >= 11 is 0. The average molecular weight is 415 g/mol. The molecule has 0 radical (unpaired) electrons. The molecule has 0 bridgehead atoms. The van der Waals surface area contributed by atoms with Gasteiger partial charge in [-0.15, -0.1) is 0 Å². The molecule has 162 valence electrons. The highest BCUT2D eigenvalue weighted by molar-refractivity contribution is 5.91. The van der Waals surface area contributed by atoms with E-state index < -0.39 is 0 Å². The number of methoxy groups -OCH3 is 1. The first-order chi connectivity index (χ1) is 14.3. The first-order valence-corrected chi connectivity index (χ1v) is 10.00. The number of carbonyl (C=O) groups is 1. The van der Waals surface area contributed by atoms with E-state index in [0.717, 1.165) is 5.56 Å². The molecule has 0 fully saturated rings. The average Bonchev–Trinajstić information content (AvgIpc) is 2.70. The van der Waals surface area contributed by atoms with Crippen LogP contribution in [0.3, 0.4) is 0 Å². The Hall–Kier alpha value is -2.86. The van der Waals surface area contributed by atoms with Crippen molar-refractivity contribution in [2.24, 2.45) is 0 Å². The zero-order chi connectivity index (χ0) is 22.1. The molecule has 6 heteroatoms. The molecule has 0 atom stereocenters. The lowest BCUT2D eigenvalue weighted by atomic mass is 10.1. The second-order valence-electron chi connectivity index (χ2n) is 7.56. The van der Waals surface area contributed by atoms with Gasteiger partial charge in [0.2, 0.25) is 5.91 Å². The monoisotopic (exact) mass is 414 g/mol. The van der Waals surface area contributed by atoms with Gasteiger partial charge in [0.15, 0.2) is 11.5 Å². The van der Waals surface area contributed by atoms with Crippen molar-refractivity contribution in [2.45, 2.75) is 26.5 Å². The molecular weight excluding hydrogens is 383 g/mol. The van der Waals surface area contributed by atoms with Crippen LogP contribution in [0.25, 0.3) is 6.08 Å². The SMILES string of the molecule is COc1cc(/C=C/C(=O)N(CCN(C)C)Cc2ccccc2F)ccc1OC(C)C. The summed E-state index contributed by atoms with van der Waals surface area (Å²) in [5.41, 5.74) is 1.31. The minimum absolute atomic E-state index is 0.0329. The molecule has 0 spiro atoms. The van der Waals surface area contributed by atoms with E-state index in [1.165, 1.54) is 12.1 Å². The molecule has 0 saturated heterocycles. The van der Waals surface area contributed by atoms with Crippen LogP contribution in [0, 0.1) is 5.82 Å². The maximum absolute atomic E-state index is 14.1. The summed E-state index contributed by atoms with van der Waals surface area (Å²) in [6.07, 6.45) is 3.27. The molecule has 0 saturated carbocycles. The lowest BCUT2D eigenvalue weighted by Crippen LogP contribution is -2.35. The lowest BCUT2D eigenvalue weighted by molar-refractivity contribution is -0.126. The third-order valence-corrected chi connectivity index (χ3v) is 4.42. The Bertz CT molecular complexity index is 865.